The fraction of sp³-hybridized carbons (Fsp3) is 0. The summed E-state index contributed by atoms with van der Waals surface area (Å²) < 4.78 is 6.38. The largest absolute Gasteiger partial charge is 0.507 e. The maximum Gasteiger partial charge on any atom is 0.300 e. The average Bonchev–Trinajstić information content (AvgIpc) is 3.10. The van der Waals surface area contributed by atoms with Gasteiger partial charge in [-0.05, 0) is 18.2 Å². The van der Waals surface area contributed by atoms with E-state index in [0.29, 0.717) is 5.56 Å². The number of hydrogen-bond acceptors (Lipinski definition) is 5. The SMILES string of the molecule is O=C(c1coc(-c2ccccc2O)n1)n1cccn1. The predicted octanol–water partition coefficient (Wildman–Crippen LogP) is 1.93. The summed E-state index contributed by atoms with van der Waals surface area (Å²) >= 11 is 0. The molecule has 19 heavy (non-hydrogen) atoms. The number of aromatic nitrogens is 3. The molecule has 1 aromatic carbocycles. The van der Waals surface area contributed by atoms with E-state index in [1.807, 2.05) is 0 Å². The van der Waals surface area contributed by atoms with Crippen LogP contribution in [0.4, 0.5) is 0 Å². The molecule has 1 N–H and O–H groups in total. The molecule has 0 atom stereocenters. The number of phenols is 1. The first kappa shape index (κ1) is 11.2. The van der Waals surface area contributed by atoms with Crippen LogP contribution in [0.3, 0.4) is 0 Å². The standard InChI is InChI=1S/C13H9N3O3/c17-11-5-2-1-4-9(11)12-15-10(8-19-12)13(18)16-7-3-6-14-16/h1-8,17H. The van der Waals surface area contributed by atoms with Crippen molar-refractivity contribution in [1.29, 1.82) is 0 Å². The third-order valence-electron chi connectivity index (χ3n) is 2.57. The lowest BCUT2D eigenvalue weighted by molar-refractivity contribution is 0.0940. The minimum atomic E-state index is -0.393. The molecule has 0 fully saturated rings. The maximum atomic E-state index is 12.0. The second-order valence-corrected chi connectivity index (χ2v) is 3.81. The fourth-order valence-electron chi connectivity index (χ4n) is 1.66. The monoisotopic (exact) mass is 255 g/mol. The summed E-state index contributed by atoms with van der Waals surface area (Å²) in [6.07, 6.45) is 4.27. The van der Waals surface area contributed by atoms with Gasteiger partial charge < -0.3 is 9.52 Å². The molecule has 3 aromatic rings. The van der Waals surface area contributed by atoms with Crippen molar-refractivity contribution >= 4 is 5.91 Å². The molecule has 0 amide bonds. The van der Waals surface area contributed by atoms with Crippen LogP contribution in [0.15, 0.2) is 53.4 Å². The molecule has 94 valence electrons. The zero-order chi connectivity index (χ0) is 13.2. The molecule has 2 aromatic heterocycles. The van der Waals surface area contributed by atoms with Gasteiger partial charge in [-0.25, -0.2) is 9.67 Å². The van der Waals surface area contributed by atoms with Crippen LogP contribution >= 0.6 is 0 Å². The third kappa shape index (κ3) is 1.99. The summed E-state index contributed by atoms with van der Waals surface area (Å²) in [6.45, 7) is 0. The molecule has 0 aliphatic rings. The molecule has 0 radical (unpaired) electrons. The number of nitrogens with zero attached hydrogens (tertiary/aromatic N) is 3. The Kier molecular flexibility index (Phi) is 2.60. The first-order chi connectivity index (χ1) is 9.25. The first-order valence-electron chi connectivity index (χ1n) is 5.54. The van der Waals surface area contributed by atoms with Crippen molar-refractivity contribution < 1.29 is 14.3 Å². The Morgan fingerprint density at radius 2 is 2.11 bits per heavy atom. The van der Waals surface area contributed by atoms with E-state index in [-0.39, 0.29) is 17.3 Å². The Bertz CT molecular complexity index is 716. The number of hydrogen-bond donors (Lipinski definition) is 1. The third-order valence-corrected chi connectivity index (χ3v) is 2.57. The van der Waals surface area contributed by atoms with Crippen LogP contribution in [0, 0.1) is 0 Å². The molecule has 0 unspecified atom stereocenters. The molecule has 0 aliphatic carbocycles. The van der Waals surface area contributed by atoms with Crippen molar-refractivity contribution in [2.75, 3.05) is 0 Å². The van der Waals surface area contributed by atoms with Gasteiger partial charge in [-0.2, -0.15) is 5.10 Å². The van der Waals surface area contributed by atoms with Crippen LogP contribution in [-0.4, -0.2) is 25.8 Å². The lowest BCUT2D eigenvalue weighted by Gasteiger charge is -1.97. The zero-order valence-corrected chi connectivity index (χ0v) is 9.72. The number of carbonyl (C=O) groups excluding carboxylic acids is 1. The van der Waals surface area contributed by atoms with E-state index in [0.717, 1.165) is 4.68 Å². The minimum absolute atomic E-state index is 0.0439. The van der Waals surface area contributed by atoms with Gasteiger partial charge in [0.1, 0.15) is 12.0 Å². The summed E-state index contributed by atoms with van der Waals surface area (Å²) in [7, 11) is 0. The van der Waals surface area contributed by atoms with Gasteiger partial charge >= 0.3 is 0 Å². The average molecular weight is 255 g/mol. The van der Waals surface area contributed by atoms with Crippen LogP contribution in [0.2, 0.25) is 0 Å². The molecule has 0 aliphatic heterocycles. The van der Waals surface area contributed by atoms with Crippen LogP contribution < -0.4 is 0 Å². The number of benzene rings is 1. The van der Waals surface area contributed by atoms with Crippen molar-refractivity contribution in [3.63, 3.8) is 0 Å². The van der Waals surface area contributed by atoms with Gasteiger partial charge in [0, 0.05) is 12.4 Å². The molecule has 0 saturated carbocycles. The number of phenolic OH excluding ortho intramolecular Hbond substituents is 1. The quantitative estimate of drug-likeness (QED) is 0.756. The van der Waals surface area contributed by atoms with Crippen LogP contribution in [0.1, 0.15) is 10.5 Å². The maximum absolute atomic E-state index is 12.0. The number of oxazole rings is 1. The highest BCUT2D eigenvalue weighted by Crippen LogP contribution is 2.27. The Balaban J connectivity index is 1.96. The summed E-state index contributed by atoms with van der Waals surface area (Å²) in [5, 5.41) is 13.5. The van der Waals surface area contributed by atoms with Crippen molar-refractivity contribution in [3.05, 3.63) is 54.7 Å². The predicted molar refractivity (Wildman–Crippen MR) is 65.6 cm³/mol. The Morgan fingerprint density at radius 3 is 2.84 bits per heavy atom. The zero-order valence-electron chi connectivity index (χ0n) is 9.72. The van der Waals surface area contributed by atoms with E-state index < -0.39 is 5.91 Å². The van der Waals surface area contributed by atoms with Gasteiger partial charge in [0.15, 0.2) is 5.69 Å². The number of rotatable bonds is 2. The van der Waals surface area contributed by atoms with Crippen molar-refractivity contribution in [1.82, 2.24) is 14.8 Å². The van der Waals surface area contributed by atoms with E-state index >= 15 is 0 Å². The van der Waals surface area contributed by atoms with Crippen molar-refractivity contribution in [2.45, 2.75) is 0 Å². The Hall–Kier alpha value is -2.89. The van der Waals surface area contributed by atoms with Crippen LogP contribution in [0.5, 0.6) is 5.75 Å². The normalized spacial score (nSPS) is 10.5. The van der Waals surface area contributed by atoms with Crippen LogP contribution in [0.25, 0.3) is 11.5 Å². The van der Waals surface area contributed by atoms with Gasteiger partial charge in [-0.3, -0.25) is 4.79 Å². The molecule has 0 bridgehead atoms. The highest BCUT2D eigenvalue weighted by atomic mass is 16.3. The van der Waals surface area contributed by atoms with Gasteiger partial charge in [-0.1, -0.05) is 12.1 Å². The van der Waals surface area contributed by atoms with E-state index in [1.54, 1.807) is 24.3 Å². The lowest BCUT2D eigenvalue weighted by Crippen LogP contribution is -2.12. The molecule has 6 heteroatoms. The second kappa shape index (κ2) is 4.41. The first-order valence-corrected chi connectivity index (χ1v) is 5.54. The summed E-state index contributed by atoms with van der Waals surface area (Å²) in [5.41, 5.74) is 0.559. The Morgan fingerprint density at radius 1 is 1.26 bits per heavy atom. The highest BCUT2D eigenvalue weighted by molar-refractivity contribution is 5.93. The number of carbonyl (C=O) groups is 1. The van der Waals surface area contributed by atoms with Gasteiger partial charge in [0.05, 0.1) is 5.56 Å². The summed E-state index contributed by atoms with van der Waals surface area (Å²) in [4.78, 5) is 16.0. The highest BCUT2D eigenvalue weighted by Gasteiger charge is 2.16. The van der Waals surface area contributed by atoms with E-state index in [2.05, 4.69) is 10.1 Å². The molecule has 0 spiro atoms. The molecule has 3 rings (SSSR count). The number of para-hydroxylation sites is 1. The van der Waals surface area contributed by atoms with Crippen molar-refractivity contribution in [2.24, 2.45) is 0 Å². The topological polar surface area (TPSA) is 81.1 Å². The van der Waals surface area contributed by atoms with E-state index in [9.17, 15) is 9.90 Å². The van der Waals surface area contributed by atoms with Crippen LogP contribution in [-0.2, 0) is 0 Å². The summed E-state index contributed by atoms with van der Waals surface area (Å²) in [6, 6.07) is 8.26. The fourth-order valence-corrected chi connectivity index (χ4v) is 1.66. The molecule has 0 saturated heterocycles. The molecule has 6 nitrogen and oxygen atoms in total. The van der Waals surface area contributed by atoms with Gasteiger partial charge in [-0.15, -0.1) is 0 Å². The lowest BCUT2D eigenvalue weighted by atomic mass is 10.2. The van der Waals surface area contributed by atoms with E-state index in [4.69, 9.17) is 4.42 Å². The number of aromatic hydroxyl groups is 1. The molecular formula is C13H9N3O3. The Labute approximate surface area is 107 Å². The minimum Gasteiger partial charge on any atom is -0.507 e. The molecule has 2 heterocycles. The smallest absolute Gasteiger partial charge is 0.300 e. The van der Waals surface area contributed by atoms with Crippen molar-refractivity contribution in [3.8, 4) is 17.2 Å². The second-order valence-electron chi connectivity index (χ2n) is 3.81. The van der Waals surface area contributed by atoms with E-state index in [1.165, 1.54) is 24.7 Å². The molecular weight excluding hydrogens is 246 g/mol. The van der Waals surface area contributed by atoms with Gasteiger partial charge in [0.25, 0.3) is 5.91 Å². The van der Waals surface area contributed by atoms with Gasteiger partial charge in [0.2, 0.25) is 5.89 Å². The summed E-state index contributed by atoms with van der Waals surface area (Å²) in [5.74, 6) is -0.161.